The predicted octanol–water partition coefficient (Wildman–Crippen LogP) is 4.33. The topological polar surface area (TPSA) is 61.7 Å². The zero-order valence-corrected chi connectivity index (χ0v) is 14.4. The highest BCUT2D eigenvalue weighted by molar-refractivity contribution is 9.11. The number of carbonyl (C=O) groups excluding carboxylic acids is 1. The van der Waals surface area contributed by atoms with Crippen molar-refractivity contribution < 1.29 is 9.90 Å². The molecule has 1 amide bonds. The van der Waals surface area contributed by atoms with Crippen LogP contribution in [0.15, 0.2) is 50.4 Å². The summed E-state index contributed by atoms with van der Waals surface area (Å²) in [6.45, 7) is 0. The van der Waals surface area contributed by atoms with E-state index in [1.807, 2.05) is 6.07 Å². The lowest BCUT2D eigenvalue weighted by Crippen LogP contribution is -2.17. The molecule has 0 spiro atoms. The Kier molecular flexibility index (Phi) is 5.39. The fourth-order valence-electron chi connectivity index (χ4n) is 1.54. The lowest BCUT2D eigenvalue weighted by Gasteiger charge is -2.02. The Morgan fingerprint density at radius 1 is 1.19 bits per heavy atom. The summed E-state index contributed by atoms with van der Waals surface area (Å²) in [5.74, 6) is -0.336. The Bertz CT molecular complexity index is 700. The maximum absolute atomic E-state index is 11.9. The standard InChI is InChI=1S/C14H9Br2ClN2O2/c15-10-3-8(4-11(16)6-10)14(21)19-18-7-9-5-12(17)1-2-13(9)20/h1-7,20H,(H,19,21)/b18-7-. The van der Waals surface area contributed by atoms with Crippen molar-refractivity contribution in [2.45, 2.75) is 0 Å². The SMILES string of the molecule is O=C(N/N=C\c1cc(Cl)ccc1O)c1cc(Br)cc(Br)c1. The van der Waals surface area contributed by atoms with Gasteiger partial charge in [0.2, 0.25) is 0 Å². The first-order chi connectivity index (χ1) is 9.95. The molecule has 0 heterocycles. The van der Waals surface area contributed by atoms with E-state index in [1.54, 1.807) is 24.3 Å². The molecule has 0 aliphatic carbocycles. The van der Waals surface area contributed by atoms with Crippen molar-refractivity contribution in [3.8, 4) is 5.75 Å². The number of aromatic hydroxyl groups is 1. The molecule has 0 radical (unpaired) electrons. The van der Waals surface area contributed by atoms with E-state index in [0.717, 1.165) is 8.95 Å². The Morgan fingerprint density at radius 2 is 1.86 bits per heavy atom. The second kappa shape index (κ2) is 7.06. The van der Waals surface area contributed by atoms with E-state index in [-0.39, 0.29) is 11.7 Å². The molecule has 2 N–H and O–H groups in total. The fraction of sp³-hybridized carbons (Fsp3) is 0. The molecular weight excluding hydrogens is 423 g/mol. The first-order valence-corrected chi connectivity index (χ1v) is 7.70. The molecule has 0 saturated heterocycles. The first kappa shape index (κ1) is 16.0. The number of rotatable bonds is 3. The Labute approximate surface area is 143 Å². The number of hydrazone groups is 1. The molecule has 0 aliphatic heterocycles. The molecule has 0 unspecified atom stereocenters. The minimum Gasteiger partial charge on any atom is -0.507 e. The third-order valence-electron chi connectivity index (χ3n) is 2.48. The second-order valence-electron chi connectivity index (χ2n) is 4.06. The van der Waals surface area contributed by atoms with Crippen LogP contribution in [-0.2, 0) is 0 Å². The lowest BCUT2D eigenvalue weighted by atomic mass is 10.2. The van der Waals surface area contributed by atoms with Crippen LogP contribution in [0.25, 0.3) is 0 Å². The summed E-state index contributed by atoms with van der Waals surface area (Å²) < 4.78 is 1.55. The van der Waals surface area contributed by atoms with E-state index in [4.69, 9.17) is 11.6 Å². The van der Waals surface area contributed by atoms with Crippen LogP contribution in [0.1, 0.15) is 15.9 Å². The predicted molar refractivity (Wildman–Crippen MR) is 90.0 cm³/mol. The van der Waals surface area contributed by atoms with Crippen LogP contribution < -0.4 is 5.43 Å². The third kappa shape index (κ3) is 4.56. The maximum atomic E-state index is 11.9. The Hall–Kier alpha value is -1.37. The summed E-state index contributed by atoms with van der Waals surface area (Å²) in [6.07, 6.45) is 1.33. The Balaban J connectivity index is 2.10. The molecule has 4 nitrogen and oxygen atoms in total. The molecule has 2 aromatic rings. The minimum atomic E-state index is -0.366. The maximum Gasteiger partial charge on any atom is 0.271 e. The summed E-state index contributed by atoms with van der Waals surface area (Å²) in [5.41, 5.74) is 3.25. The monoisotopic (exact) mass is 430 g/mol. The number of phenolic OH excluding ortho intramolecular Hbond substituents is 1. The molecule has 0 fully saturated rings. The van der Waals surface area contributed by atoms with Gasteiger partial charge in [-0.25, -0.2) is 5.43 Å². The first-order valence-electron chi connectivity index (χ1n) is 5.74. The molecule has 0 bridgehead atoms. The van der Waals surface area contributed by atoms with Crippen molar-refractivity contribution in [3.05, 3.63) is 61.5 Å². The van der Waals surface area contributed by atoms with Crippen LogP contribution in [0.5, 0.6) is 5.75 Å². The van der Waals surface area contributed by atoms with Gasteiger partial charge in [0.05, 0.1) is 6.21 Å². The molecule has 21 heavy (non-hydrogen) atoms. The molecule has 2 aromatic carbocycles. The van der Waals surface area contributed by atoms with Crippen molar-refractivity contribution in [1.29, 1.82) is 0 Å². The van der Waals surface area contributed by atoms with Gasteiger partial charge in [-0.05, 0) is 36.4 Å². The number of amides is 1. The number of hydrogen-bond acceptors (Lipinski definition) is 3. The molecule has 2 rings (SSSR count). The van der Waals surface area contributed by atoms with Gasteiger partial charge in [-0.2, -0.15) is 5.10 Å². The largest absolute Gasteiger partial charge is 0.507 e. The van der Waals surface area contributed by atoms with Crippen molar-refractivity contribution in [2.24, 2.45) is 5.10 Å². The van der Waals surface area contributed by atoms with Crippen molar-refractivity contribution >= 4 is 55.6 Å². The molecule has 0 atom stereocenters. The Morgan fingerprint density at radius 3 is 2.52 bits per heavy atom. The van der Waals surface area contributed by atoms with E-state index < -0.39 is 0 Å². The van der Waals surface area contributed by atoms with E-state index in [9.17, 15) is 9.90 Å². The normalized spacial score (nSPS) is 10.8. The fourth-order valence-corrected chi connectivity index (χ4v) is 3.01. The molecule has 0 saturated carbocycles. The zero-order chi connectivity index (χ0) is 15.4. The van der Waals surface area contributed by atoms with Gasteiger partial charge < -0.3 is 5.11 Å². The third-order valence-corrected chi connectivity index (χ3v) is 3.63. The molecular formula is C14H9Br2ClN2O2. The quantitative estimate of drug-likeness (QED) is 0.560. The number of benzene rings is 2. The van der Waals surface area contributed by atoms with Crippen molar-refractivity contribution in [1.82, 2.24) is 5.43 Å². The highest BCUT2D eigenvalue weighted by atomic mass is 79.9. The highest BCUT2D eigenvalue weighted by Gasteiger charge is 2.06. The zero-order valence-electron chi connectivity index (χ0n) is 10.5. The summed E-state index contributed by atoms with van der Waals surface area (Å²) in [5, 5.41) is 13.9. The summed E-state index contributed by atoms with van der Waals surface area (Å²) in [4.78, 5) is 11.9. The average Bonchev–Trinajstić information content (AvgIpc) is 2.41. The summed E-state index contributed by atoms with van der Waals surface area (Å²) >= 11 is 12.4. The second-order valence-corrected chi connectivity index (χ2v) is 6.33. The van der Waals surface area contributed by atoms with Gasteiger partial charge in [0, 0.05) is 25.1 Å². The molecule has 7 heteroatoms. The average molecular weight is 432 g/mol. The van der Waals surface area contributed by atoms with Crippen LogP contribution in [0.2, 0.25) is 5.02 Å². The number of nitrogens with zero attached hydrogens (tertiary/aromatic N) is 1. The highest BCUT2D eigenvalue weighted by Crippen LogP contribution is 2.21. The van der Waals surface area contributed by atoms with Gasteiger partial charge >= 0.3 is 0 Å². The van der Waals surface area contributed by atoms with E-state index in [0.29, 0.717) is 16.1 Å². The lowest BCUT2D eigenvalue weighted by molar-refractivity contribution is 0.0955. The number of carbonyl (C=O) groups is 1. The van der Waals surface area contributed by atoms with Gasteiger partial charge in [-0.3, -0.25) is 4.79 Å². The smallest absolute Gasteiger partial charge is 0.271 e. The van der Waals surface area contributed by atoms with Crippen molar-refractivity contribution in [3.63, 3.8) is 0 Å². The number of hydrogen-bond donors (Lipinski definition) is 2. The van der Waals surface area contributed by atoms with Crippen LogP contribution >= 0.6 is 43.5 Å². The van der Waals surface area contributed by atoms with Gasteiger partial charge in [0.15, 0.2) is 0 Å². The molecule has 0 aromatic heterocycles. The van der Waals surface area contributed by atoms with Crippen molar-refractivity contribution in [2.75, 3.05) is 0 Å². The number of phenols is 1. The number of nitrogens with one attached hydrogen (secondary N) is 1. The van der Waals surface area contributed by atoms with E-state index in [2.05, 4.69) is 42.4 Å². The van der Waals surface area contributed by atoms with Gasteiger partial charge in [-0.15, -0.1) is 0 Å². The molecule has 0 aliphatic rings. The van der Waals surface area contributed by atoms with Gasteiger partial charge in [-0.1, -0.05) is 43.5 Å². The van der Waals surface area contributed by atoms with Gasteiger partial charge in [0.25, 0.3) is 5.91 Å². The summed E-state index contributed by atoms with van der Waals surface area (Å²) in [6, 6.07) is 9.73. The van der Waals surface area contributed by atoms with Gasteiger partial charge in [0.1, 0.15) is 5.75 Å². The van der Waals surface area contributed by atoms with E-state index >= 15 is 0 Å². The minimum absolute atomic E-state index is 0.0302. The van der Waals surface area contributed by atoms with Crippen LogP contribution in [0, 0.1) is 0 Å². The number of halogens is 3. The van der Waals surface area contributed by atoms with Crippen LogP contribution in [-0.4, -0.2) is 17.2 Å². The van der Waals surface area contributed by atoms with E-state index in [1.165, 1.54) is 12.3 Å². The summed E-state index contributed by atoms with van der Waals surface area (Å²) in [7, 11) is 0. The van der Waals surface area contributed by atoms with Crippen LogP contribution in [0.4, 0.5) is 0 Å². The molecule has 108 valence electrons. The van der Waals surface area contributed by atoms with Crippen LogP contribution in [0.3, 0.4) is 0 Å².